The number of nitrogens with zero attached hydrogens (tertiary/aromatic N) is 4. The Balaban J connectivity index is 2.08. The van der Waals surface area contributed by atoms with Gasteiger partial charge in [0.15, 0.2) is 5.60 Å². The molecule has 4 aromatic rings. The highest BCUT2D eigenvalue weighted by molar-refractivity contribution is 6.32. The predicted octanol–water partition coefficient (Wildman–Crippen LogP) is 4.10. The van der Waals surface area contributed by atoms with Crippen LogP contribution in [0.4, 0.5) is 0 Å². The quantitative estimate of drug-likeness (QED) is 0.571. The first-order valence-electron chi connectivity index (χ1n) is 8.90. The van der Waals surface area contributed by atoms with E-state index in [4.69, 9.17) is 16.6 Å². The van der Waals surface area contributed by atoms with Crippen molar-refractivity contribution in [2.75, 3.05) is 0 Å². The van der Waals surface area contributed by atoms with Gasteiger partial charge in [0.25, 0.3) is 0 Å². The van der Waals surface area contributed by atoms with Crippen LogP contribution in [0.2, 0.25) is 5.02 Å². The molecule has 4 rings (SSSR count). The Morgan fingerprint density at radius 2 is 1.93 bits per heavy atom. The van der Waals surface area contributed by atoms with Crippen molar-refractivity contribution in [3.63, 3.8) is 0 Å². The molecular formula is C22H17ClN4O. The van der Waals surface area contributed by atoms with Gasteiger partial charge in [-0.15, -0.1) is 0 Å². The number of nitriles is 1. The third kappa shape index (κ3) is 2.75. The number of aromatic nitrogens is 3. The molecule has 1 atom stereocenters. The molecule has 0 aliphatic carbocycles. The van der Waals surface area contributed by atoms with Gasteiger partial charge in [-0.25, -0.2) is 4.98 Å². The van der Waals surface area contributed by atoms with E-state index in [1.54, 1.807) is 30.6 Å². The predicted molar refractivity (Wildman–Crippen MR) is 107 cm³/mol. The molecule has 0 bridgehead atoms. The van der Waals surface area contributed by atoms with Crippen LogP contribution in [0.25, 0.3) is 5.65 Å². The maximum absolute atomic E-state index is 12.0. The molecule has 3 heterocycles. The third-order valence-electron chi connectivity index (χ3n) is 4.83. The van der Waals surface area contributed by atoms with Crippen molar-refractivity contribution in [2.24, 2.45) is 0 Å². The first-order valence-corrected chi connectivity index (χ1v) is 9.27. The highest BCUT2D eigenvalue weighted by Crippen LogP contribution is 2.37. The minimum atomic E-state index is -1.54. The molecule has 28 heavy (non-hydrogen) atoms. The molecule has 5 nitrogen and oxygen atoms in total. The molecule has 6 heteroatoms. The Hall–Kier alpha value is -3.20. The summed E-state index contributed by atoms with van der Waals surface area (Å²) in [5, 5.41) is 21.7. The summed E-state index contributed by atoms with van der Waals surface area (Å²) in [7, 11) is 0. The second kappa shape index (κ2) is 7.08. The van der Waals surface area contributed by atoms with Gasteiger partial charge in [0.2, 0.25) is 0 Å². The third-order valence-corrected chi connectivity index (χ3v) is 5.15. The number of benzene rings is 1. The molecule has 1 unspecified atom stereocenters. The first kappa shape index (κ1) is 18.2. The summed E-state index contributed by atoms with van der Waals surface area (Å²) in [6.45, 7) is 1.98. The normalized spacial score (nSPS) is 13.2. The zero-order valence-electron chi connectivity index (χ0n) is 15.2. The Morgan fingerprint density at radius 1 is 1.18 bits per heavy atom. The van der Waals surface area contributed by atoms with E-state index in [0.29, 0.717) is 39.6 Å². The molecule has 1 N–H and O–H groups in total. The van der Waals surface area contributed by atoms with Crippen molar-refractivity contribution < 1.29 is 5.11 Å². The molecule has 1 aromatic carbocycles. The number of rotatable bonds is 4. The Morgan fingerprint density at radius 3 is 2.57 bits per heavy atom. The summed E-state index contributed by atoms with van der Waals surface area (Å²) < 4.78 is 1.82. The van der Waals surface area contributed by atoms with E-state index in [0.717, 1.165) is 5.69 Å². The summed E-state index contributed by atoms with van der Waals surface area (Å²) in [5.41, 5.74) is 1.80. The fourth-order valence-corrected chi connectivity index (χ4v) is 3.67. The molecule has 0 saturated heterocycles. The van der Waals surface area contributed by atoms with Crippen molar-refractivity contribution >= 4 is 17.2 Å². The van der Waals surface area contributed by atoms with Crippen LogP contribution in [0.5, 0.6) is 0 Å². The summed E-state index contributed by atoms with van der Waals surface area (Å²) in [5.74, 6) is 0. The van der Waals surface area contributed by atoms with Crippen LogP contribution < -0.4 is 0 Å². The number of aryl methyl sites for hydroxylation is 1. The van der Waals surface area contributed by atoms with Crippen LogP contribution in [0.3, 0.4) is 0 Å². The lowest BCUT2D eigenvalue weighted by molar-refractivity contribution is 0.115. The average molecular weight is 389 g/mol. The van der Waals surface area contributed by atoms with Gasteiger partial charge in [-0.05, 0) is 24.1 Å². The summed E-state index contributed by atoms with van der Waals surface area (Å²) in [6.07, 6.45) is 3.91. The van der Waals surface area contributed by atoms with Gasteiger partial charge in [-0.1, -0.05) is 54.9 Å². The van der Waals surface area contributed by atoms with E-state index in [2.05, 4.69) is 11.1 Å². The molecule has 0 aliphatic heterocycles. The van der Waals surface area contributed by atoms with Crippen molar-refractivity contribution in [1.82, 2.24) is 14.4 Å². The highest BCUT2D eigenvalue weighted by Gasteiger charge is 2.40. The van der Waals surface area contributed by atoms with Gasteiger partial charge in [0, 0.05) is 24.2 Å². The number of hydrogen-bond donors (Lipinski definition) is 1. The maximum atomic E-state index is 12.0. The number of halogens is 1. The van der Waals surface area contributed by atoms with Gasteiger partial charge >= 0.3 is 0 Å². The standard InChI is InChI=1S/C22H17ClN4O/c1-2-18-21(26-20-12-17(23)15(13-24)14-27(18)20)22(28,16-8-4-3-5-9-16)19-10-6-7-11-25-19/h3-12,14,28H,2H2,1H3. The lowest BCUT2D eigenvalue weighted by atomic mass is 9.85. The SMILES string of the molecule is CCc1c(C(O)(c2ccccc2)c2ccccn2)nc2cc(Cl)c(C#N)cn12. The fraction of sp³-hybridized carbons (Fsp3) is 0.136. The molecule has 138 valence electrons. The van der Waals surface area contributed by atoms with Crippen molar-refractivity contribution in [3.8, 4) is 6.07 Å². The van der Waals surface area contributed by atoms with Crippen LogP contribution in [0.15, 0.2) is 67.0 Å². The minimum absolute atomic E-state index is 0.329. The van der Waals surface area contributed by atoms with Crippen LogP contribution in [0, 0.1) is 11.3 Å². The van der Waals surface area contributed by atoms with E-state index in [-0.39, 0.29) is 0 Å². The first-order chi connectivity index (χ1) is 13.6. The maximum Gasteiger partial charge on any atom is 0.176 e. The smallest absolute Gasteiger partial charge is 0.176 e. The van der Waals surface area contributed by atoms with Gasteiger partial charge in [0.1, 0.15) is 17.4 Å². The van der Waals surface area contributed by atoms with Gasteiger partial charge in [-0.3, -0.25) is 4.98 Å². The highest BCUT2D eigenvalue weighted by atomic mass is 35.5. The molecule has 0 radical (unpaired) electrons. The zero-order chi connectivity index (χ0) is 19.7. The van der Waals surface area contributed by atoms with Crippen molar-refractivity contribution in [2.45, 2.75) is 18.9 Å². The van der Waals surface area contributed by atoms with E-state index in [1.807, 2.05) is 47.7 Å². The van der Waals surface area contributed by atoms with E-state index >= 15 is 0 Å². The molecule has 0 amide bonds. The van der Waals surface area contributed by atoms with Gasteiger partial charge < -0.3 is 9.51 Å². The topological polar surface area (TPSA) is 74.2 Å². The number of imidazole rings is 1. The van der Waals surface area contributed by atoms with Crippen molar-refractivity contribution in [1.29, 1.82) is 5.26 Å². The number of pyridine rings is 2. The molecule has 0 saturated carbocycles. The lowest BCUT2D eigenvalue weighted by Crippen LogP contribution is -2.31. The average Bonchev–Trinajstić information content (AvgIpc) is 3.11. The molecule has 0 aliphatic rings. The summed E-state index contributed by atoms with van der Waals surface area (Å²) in [4.78, 5) is 9.15. The Bertz CT molecular complexity index is 1140. The minimum Gasteiger partial charge on any atom is -0.373 e. The molecule has 0 fully saturated rings. The van der Waals surface area contributed by atoms with Crippen LogP contribution in [-0.2, 0) is 12.0 Å². The molecular weight excluding hydrogens is 372 g/mol. The number of aliphatic hydroxyl groups is 1. The van der Waals surface area contributed by atoms with Crippen molar-refractivity contribution in [3.05, 3.63) is 100 Å². The summed E-state index contributed by atoms with van der Waals surface area (Å²) >= 11 is 6.21. The van der Waals surface area contributed by atoms with E-state index < -0.39 is 5.60 Å². The van der Waals surface area contributed by atoms with Crippen LogP contribution in [-0.4, -0.2) is 19.5 Å². The lowest BCUT2D eigenvalue weighted by Gasteiger charge is -2.27. The largest absolute Gasteiger partial charge is 0.373 e. The van der Waals surface area contributed by atoms with E-state index in [1.165, 1.54) is 0 Å². The second-order valence-electron chi connectivity index (χ2n) is 6.43. The van der Waals surface area contributed by atoms with Gasteiger partial charge in [0.05, 0.1) is 16.3 Å². The van der Waals surface area contributed by atoms with Gasteiger partial charge in [-0.2, -0.15) is 5.26 Å². The molecule has 3 aromatic heterocycles. The summed E-state index contributed by atoms with van der Waals surface area (Å²) in [6, 6.07) is 18.5. The number of hydrogen-bond acceptors (Lipinski definition) is 4. The second-order valence-corrected chi connectivity index (χ2v) is 6.83. The Labute approximate surface area is 167 Å². The number of fused-ring (bicyclic) bond motifs is 1. The molecule has 0 spiro atoms. The zero-order valence-corrected chi connectivity index (χ0v) is 15.9. The fourth-order valence-electron chi connectivity index (χ4n) is 3.48. The van der Waals surface area contributed by atoms with E-state index in [9.17, 15) is 10.4 Å². The van der Waals surface area contributed by atoms with Crippen LogP contribution in [0.1, 0.15) is 35.1 Å². The van der Waals surface area contributed by atoms with Crippen LogP contribution >= 0.6 is 11.6 Å². The Kier molecular flexibility index (Phi) is 4.60. The monoisotopic (exact) mass is 388 g/mol.